The number of ether oxygens (including phenoxy) is 2. The van der Waals surface area contributed by atoms with Crippen LogP contribution in [0.25, 0.3) is 10.2 Å². The van der Waals surface area contributed by atoms with Crippen LogP contribution in [-0.4, -0.2) is 42.3 Å². The van der Waals surface area contributed by atoms with Gasteiger partial charge in [-0.05, 0) is 30.2 Å². The number of thioether (sulfide) groups is 1. The van der Waals surface area contributed by atoms with Crippen LogP contribution < -0.4 is 14.8 Å². The van der Waals surface area contributed by atoms with Crippen LogP contribution in [0.15, 0.2) is 40.7 Å². The molecule has 1 N–H and O–H groups in total. The van der Waals surface area contributed by atoms with Crippen molar-refractivity contribution in [3.8, 4) is 11.5 Å². The number of fused-ring (bicyclic) bond motifs is 1. The summed E-state index contributed by atoms with van der Waals surface area (Å²) in [6.07, 6.45) is 0.668. The molecule has 0 unspecified atom stereocenters. The first-order valence-electron chi connectivity index (χ1n) is 8.65. The molecule has 1 heterocycles. The average molecular weight is 434 g/mol. The van der Waals surface area contributed by atoms with E-state index in [0.29, 0.717) is 34.3 Å². The normalized spacial score (nSPS) is 10.7. The van der Waals surface area contributed by atoms with Gasteiger partial charge in [0.1, 0.15) is 0 Å². The van der Waals surface area contributed by atoms with Gasteiger partial charge in [0.25, 0.3) is 5.69 Å². The highest BCUT2D eigenvalue weighted by atomic mass is 32.2. The molecule has 0 saturated heterocycles. The van der Waals surface area contributed by atoms with Crippen molar-refractivity contribution in [1.82, 2.24) is 10.3 Å². The number of hydrogen-bond donors (Lipinski definition) is 1. The average Bonchev–Trinajstić information content (AvgIpc) is 3.14. The lowest BCUT2D eigenvalue weighted by atomic mass is 10.1. The van der Waals surface area contributed by atoms with E-state index in [-0.39, 0.29) is 17.3 Å². The van der Waals surface area contributed by atoms with Gasteiger partial charge in [0.2, 0.25) is 5.91 Å². The number of nitrogens with zero attached hydrogens (tertiary/aromatic N) is 2. The van der Waals surface area contributed by atoms with Crippen molar-refractivity contribution < 1.29 is 19.2 Å². The minimum absolute atomic E-state index is 0.0330. The Hall–Kier alpha value is -2.85. The molecule has 0 spiro atoms. The molecular formula is C19H19N3O5S2. The SMILES string of the molecule is COc1ccc(CCNC(=O)CSc2nc3ccc([N+](=O)[O-])cc3s2)cc1OC. The minimum atomic E-state index is -0.433. The monoisotopic (exact) mass is 433 g/mol. The summed E-state index contributed by atoms with van der Waals surface area (Å²) in [7, 11) is 3.17. The van der Waals surface area contributed by atoms with Gasteiger partial charge in [0.05, 0.1) is 35.1 Å². The maximum Gasteiger partial charge on any atom is 0.270 e. The molecular weight excluding hydrogens is 414 g/mol. The first-order valence-corrected chi connectivity index (χ1v) is 10.5. The molecule has 1 amide bonds. The number of benzene rings is 2. The summed E-state index contributed by atoms with van der Waals surface area (Å²) in [6, 6.07) is 10.2. The number of nitro benzene ring substituents is 1. The summed E-state index contributed by atoms with van der Waals surface area (Å²) in [5, 5.41) is 13.7. The van der Waals surface area contributed by atoms with Crippen molar-refractivity contribution in [2.45, 2.75) is 10.8 Å². The number of nitrogens with one attached hydrogen (secondary N) is 1. The Morgan fingerprint density at radius 2 is 2.00 bits per heavy atom. The van der Waals surface area contributed by atoms with Crippen LogP contribution in [-0.2, 0) is 11.2 Å². The predicted molar refractivity (Wildman–Crippen MR) is 113 cm³/mol. The number of amides is 1. The second-order valence-corrected chi connectivity index (χ2v) is 8.22. The second kappa shape index (κ2) is 9.57. The van der Waals surface area contributed by atoms with E-state index in [2.05, 4.69) is 10.3 Å². The van der Waals surface area contributed by atoms with Crippen molar-refractivity contribution in [3.05, 3.63) is 52.1 Å². The Morgan fingerprint density at radius 3 is 2.72 bits per heavy atom. The molecule has 0 aliphatic rings. The summed E-state index contributed by atoms with van der Waals surface area (Å²) in [4.78, 5) is 26.9. The van der Waals surface area contributed by atoms with Gasteiger partial charge in [0.15, 0.2) is 15.8 Å². The summed E-state index contributed by atoms with van der Waals surface area (Å²) in [5.41, 5.74) is 1.76. The molecule has 8 nitrogen and oxygen atoms in total. The van der Waals surface area contributed by atoms with Gasteiger partial charge in [-0.2, -0.15) is 0 Å². The van der Waals surface area contributed by atoms with Gasteiger partial charge in [-0.25, -0.2) is 4.98 Å². The number of methoxy groups -OCH3 is 2. The fourth-order valence-electron chi connectivity index (χ4n) is 2.63. The zero-order chi connectivity index (χ0) is 20.8. The number of carbonyl (C=O) groups excluding carboxylic acids is 1. The lowest BCUT2D eigenvalue weighted by Crippen LogP contribution is -2.27. The second-order valence-electron chi connectivity index (χ2n) is 5.97. The number of rotatable bonds is 9. The van der Waals surface area contributed by atoms with E-state index >= 15 is 0 Å². The van der Waals surface area contributed by atoms with Crippen molar-refractivity contribution in [1.29, 1.82) is 0 Å². The summed E-state index contributed by atoms with van der Waals surface area (Å²) < 4.78 is 11.9. The van der Waals surface area contributed by atoms with E-state index in [1.54, 1.807) is 20.3 Å². The largest absolute Gasteiger partial charge is 0.493 e. The molecule has 0 aliphatic carbocycles. The molecule has 29 heavy (non-hydrogen) atoms. The van der Waals surface area contributed by atoms with Crippen molar-refractivity contribution >= 4 is 44.9 Å². The number of hydrogen-bond acceptors (Lipinski definition) is 8. The van der Waals surface area contributed by atoms with Crippen LogP contribution in [0, 0.1) is 10.1 Å². The van der Waals surface area contributed by atoms with Crippen LogP contribution in [0.2, 0.25) is 0 Å². The first-order chi connectivity index (χ1) is 14.0. The summed E-state index contributed by atoms with van der Waals surface area (Å²) >= 11 is 2.66. The smallest absolute Gasteiger partial charge is 0.270 e. The van der Waals surface area contributed by atoms with E-state index in [1.807, 2.05) is 18.2 Å². The first kappa shape index (κ1) is 20.9. The molecule has 10 heteroatoms. The molecule has 0 atom stereocenters. The molecule has 1 aromatic heterocycles. The van der Waals surface area contributed by atoms with E-state index in [9.17, 15) is 14.9 Å². The number of aromatic nitrogens is 1. The summed E-state index contributed by atoms with van der Waals surface area (Å²) in [6.45, 7) is 0.501. The standard InChI is InChI=1S/C19H19N3O5S2/c1-26-15-6-3-12(9-16(15)27-2)7-8-20-18(23)11-28-19-21-14-5-4-13(22(24)25)10-17(14)29-19/h3-6,9-10H,7-8,11H2,1-2H3,(H,20,23). The number of carbonyl (C=O) groups is 1. The van der Waals surface area contributed by atoms with Crippen LogP contribution in [0.4, 0.5) is 5.69 Å². The van der Waals surface area contributed by atoms with Gasteiger partial charge < -0.3 is 14.8 Å². The van der Waals surface area contributed by atoms with Gasteiger partial charge in [0, 0.05) is 18.7 Å². The Labute approximate surface area is 175 Å². The molecule has 0 radical (unpaired) electrons. The fraction of sp³-hybridized carbons (Fsp3) is 0.263. The Kier molecular flexibility index (Phi) is 6.89. The van der Waals surface area contributed by atoms with Crippen LogP contribution in [0.3, 0.4) is 0 Å². The lowest BCUT2D eigenvalue weighted by molar-refractivity contribution is -0.384. The van der Waals surface area contributed by atoms with Crippen molar-refractivity contribution in [3.63, 3.8) is 0 Å². The quantitative estimate of drug-likeness (QED) is 0.312. The molecule has 152 valence electrons. The zero-order valence-corrected chi connectivity index (χ0v) is 17.5. The van der Waals surface area contributed by atoms with Gasteiger partial charge in [-0.3, -0.25) is 14.9 Å². The van der Waals surface area contributed by atoms with Gasteiger partial charge in [-0.1, -0.05) is 17.8 Å². The van der Waals surface area contributed by atoms with E-state index in [0.717, 1.165) is 10.3 Å². The Bertz CT molecular complexity index is 1040. The number of non-ortho nitro benzene ring substituents is 1. The minimum Gasteiger partial charge on any atom is -0.493 e. The number of thiazole rings is 1. The third-order valence-electron chi connectivity index (χ3n) is 4.07. The Balaban J connectivity index is 1.49. The summed E-state index contributed by atoms with van der Waals surface area (Å²) in [5.74, 6) is 1.45. The highest BCUT2D eigenvalue weighted by Gasteiger charge is 2.12. The van der Waals surface area contributed by atoms with E-state index < -0.39 is 4.92 Å². The van der Waals surface area contributed by atoms with Crippen molar-refractivity contribution in [2.75, 3.05) is 26.5 Å². The maximum absolute atomic E-state index is 12.1. The van der Waals surface area contributed by atoms with E-state index in [1.165, 1.54) is 35.2 Å². The third kappa shape index (κ3) is 5.36. The zero-order valence-electron chi connectivity index (χ0n) is 15.8. The van der Waals surface area contributed by atoms with E-state index in [4.69, 9.17) is 9.47 Å². The van der Waals surface area contributed by atoms with Crippen LogP contribution >= 0.6 is 23.1 Å². The third-order valence-corrected chi connectivity index (χ3v) is 6.23. The molecule has 3 rings (SSSR count). The molecule has 0 bridgehead atoms. The molecule has 3 aromatic rings. The van der Waals surface area contributed by atoms with Gasteiger partial charge >= 0.3 is 0 Å². The predicted octanol–water partition coefficient (Wildman–Crippen LogP) is 3.67. The molecule has 0 fully saturated rings. The topological polar surface area (TPSA) is 104 Å². The van der Waals surface area contributed by atoms with Gasteiger partial charge in [-0.15, -0.1) is 11.3 Å². The highest BCUT2D eigenvalue weighted by Crippen LogP contribution is 2.31. The van der Waals surface area contributed by atoms with Crippen LogP contribution in [0.1, 0.15) is 5.56 Å². The van der Waals surface area contributed by atoms with Crippen LogP contribution in [0.5, 0.6) is 11.5 Å². The maximum atomic E-state index is 12.1. The highest BCUT2D eigenvalue weighted by molar-refractivity contribution is 8.01. The van der Waals surface area contributed by atoms with Crippen molar-refractivity contribution in [2.24, 2.45) is 0 Å². The molecule has 0 saturated carbocycles. The Morgan fingerprint density at radius 1 is 1.21 bits per heavy atom. The molecule has 2 aromatic carbocycles. The fourth-order valence-corrected chi connectivity index (χ4v) is 4.56. The molecule has 0 aliphatic heterocycles. The lowest BCUT2D eigenvalue weighted by Gasteiger charge is -2.10. The number of nitro groups is 1.